The van der Waals surface area contributed by atoms with E-state index in [0.29, 0.717) is 0 Å². The number of alkyl halides is 3. The van der Waals surface area contributed by atoms with Crippen molar-refractivity contribution in [1.82, 2.24) is 4.72 Å². The number of carbonyl (C=O) groups excluding carboxylic acids is 1. The van der Waals surface area contributed by atoms with Crippen LogP contribution in [0.5, 0.6) is 0 Å². The number of ketones is 1. The van der Waals surface area contributed by atoms with Gasteiger partial charge in [0.15, 0.2) is 5.78 Å². The van der Waals surface area contributed by atoms with Crippen LogP contribution < -0.4 is 4.72 Å². The summed E-state index contributed by atoms with van der Waals surface area (Å²) < 4.78 is 60.9. The second kappa shape index (κ2) is 6.11. The van der Waals surface area contributed by atoms with Gasteiger partial charge in [-0.2, -0.15) is 13.2 Å². The Morgan fingerprint density at radius 3 is 2.45 bits per heavy atom. The van der Waals surface area contributed by atoms with Gasteiger partial charge in [0, 0.05) is 12.0 Å². The lowest BCUT2D eigenvalue weighted by atomic mass is 10.1. The molecule has 112 valence electrons. The normalized spacial score (nSPS) is 12.4. The average molecular weight is 330 g/mol. The quantitative estimate of drug-likeness (QED) is 0.845. The molecule has 0 aliphatic rings. The van der Waals surface area contributed by atoms with E-state index < -0.39 is 33.4 Å². The first-order valence-electron chi connectivity index (χ1n) is 5.46. The monoisotopic (exact) mass is 329 g/mol. The Morgan fingerprint density at radius 2 is 1.95 bits per heavy atom. The van der Waals surface area contributed by atoms with Crippen molar-refractivity contribution in [3.05, 3.63) is 28.8 Å². The lowest BCUT2D eigenvalue weighted by Gasteiger charge is -2.10. The Bertz CT molecular complexity index is 614. The van der Waals surface area contributed by atoms with E-state index >= 15 is 0 Å². The van der Waals surface area contributed by atoms with Gasteiger partial charge < -0.3 is 0 Å². The van der Waals surface area contributed by atoms with Gasteiger partial charge in [-0.25, -0.2) is 13.1 Å². The maximum atomic E-state index is 12.0. The van der Waals surface area contributed by atoms with Gasteiger partial charge in [-0.15, -0.1) is 0 Å². The summed E-state index contributed by atoms with van der Waals surface area (Å²) in [7, 11) is -4.36. The third kappa shape index (κ3) is 4.46. The predicted octanol–water partition coefficient (Wildman–Crippen LogP) is 2.77. The average Bonchev–Trinajstić information content (AvgIpc) is 2.35. The highest BCUT2D eigenvalue weighted by molar-refractivity contribution is 7.89. The molecule has 1 aromatic carbocycles. The Morgan fingerprint density at radius 1 is 1.35 bits per heavy atom. The predicted molar refractivity (Wildman–Crippen MR) is 67.3 cm³/mol. The summed E-state index contributed by atoms with van der Waals surface area (Å²) in [5.74, 6) is -0.400. The van der Waals surface area contributed by atoms with Crippen molar-refractivity contribution in [2.45, 2.75) is 24.4 Å². The molecule has 0 saturated carbocycles. The van der Waals surface area contributed by atoms with Gasteiger partial charge in [-0.1, -0.05) is 18.5 Å². The molecule has 0 bridgehead atoms. The number of benzene rings is 1. The maximum Gasteiger partial charge on any atom is 0.402 e. The number of hydrogen-bond donors (Lipinski definition) is 1. The molecule has 1 aromatic rings. The third-order valence-corrected chi connectivity index (χ3v) is 4.06. The van der Waals surface area contributed by atoms with Crippen LogP contribution in [0.1, 0.15) is 23.7 Å². The third-order valence-electron chi connectivity index (χ3n) is 2.33. The summed E-state index contributed by atoms with van der Waals surface area (Å²) in [6, 6.07) is 3.16. The number of halogens is 4. The van der Waals surface area contributed by atoms with Crippen molar-refractivity contribution < 1.29 is 26.4 Å². The molecule has 0 heterocycles. The minimum Gasteiger partial charge on any atom is -0.294 e. The lowest BCUT2D eigenvalue weighted by Crippen LogP contribution is -2.33. The summed E-state index contributed by atoms with van der Waals surface area (Å²) in [6.07, 6.45) is -4.57. The van der Waals surface area contributed by atoms with Crippen LogP contribution in [0.3, 0.4) is 0 Å². The minimum atomic E-state index is -4.67. The number of rotatable bonds is 5. The molecule has 0 unspecified atom stereocenters. The summed E-state index contributed by atoms with van der Waals surface area (Å²) in [4.78, 5) is 11.1. The van der Waals surface area contributed by atoms with Crippen LogP contribution >= 0.6 is 11.6 Å². The molecule has 0 saturated heterocycles. The van der Waals surface area contributed by atoms with Crippen molar-refractivity contribution in [2.24, 2.45) is 0 Å². The minimum absolute atomic E-state index is 0.0379. The van der Waals surface area contributed by atoms with E-state index in [1.807, 2.05) is 0 Å². The van der Waals surface area contributed by atoms with E-state index in [-0.39, 0.29) is 17.0 Å². The second-order valence-electron chi connectivity index (χ2n) is 3.86. The topological polar surface area (TPSA) is 63.2 Å². The van der Waals surface area contributed by atoms with Crippen LogP contribution in [0.4, 0.5) is 13.2 Å². The number of nitrogens with one attached hydrogen (secondary N) is 1. The zero-order chi connectivity index (χ0) is 15.6. The molecule has 0 fully saturated rings. The fourth-order valence-corrected chi connectivity index (χ4v) is 2.60. The van der Waals surface area contributed by atoms with Crippen LogP contribution in [-0.2, 0) is 10.0 Å². The highest BCUT2D eigenvalue weighted by Crippen LogP contribution is 2.22. The lowest BCUT2D eigenvalue weighted by molar-refractivity contribution is -0.121. The van der Waals surface area contributed by atoms with Crippen molar-refractivity contribution >= 4 is 27.4 Å². The summed E-state index contributed by atoms with van der Waals surface area (Å²) >= 11 is 5.75. The van der Waals surface area contributed by atoms with E-state index in [1.54, 1.807) is 6.92 Å². The first-order chi connectivity index (χ1) is 9.07. The highest BCUT2D eigenvalue weighted by atomic mass is 35.5. The first-order valence-corrected chi connectivity index (χ1v) is 7.32. The Labute approximate surface area is 119 Å². The van der Waals surface area contributed by atoms with Gasteiger partial charge in [-0.05, 0) is 18.2 Å². The SMILES string of the molecule is CCC(=O)c1cc(S(=O)(=O)NCC(F)(F)F)ccc1Cl. The molecule has 0 spiro atoms. The van der Waals surface area contributed by atoms with Crippen molar-refractivity contribution in [3.8, 4) is 0 Å². The molecule has 20 heavy (non-hydrogen) atoms. The van der Waals surface area contributed by atoms with Gasteiger partial charge in [0.05, 0.1) is 9.92 Å². The first kappa shape index (κ1) is 16.9. The molecule has 0 radical (unpaired) electrons. The van der Waals surface area contributed by atoms with Gasteiger partial charge in [0.1, 0.15) is 6.54 Å². The molecular weight excluding hydrogens is 319 g/mol. The number of hydrogen-bond acceptors (Lipinski definition) is 3. The Hall–Kier alpha value is -1.12. The maximum absolute atomic E-state index is 12.0. The zero-order valence-electron chi connectivity index (χ0n) is 10.3. The van der Waals surface area contributed by atoms with Gasteiger partial charge in [0.2, 0.25) is 10.0 Å². The van der Waals surface area contributed by atoms with Crippen LogP contribution in [-0.4, -0.2) is 26.9 Å². The van der Waals surface area contributed by atoms with Gasteiger partial charge in [0.25, 0.3) is 0 Å². The molecule has 9 heteroatoms. The largest absolute Gasteiger partial charge is 0.402 e. The molecular formula is C11H11ClF3NO3S. The number of carbonyl (C=O) groups is 1. The Kier molecular flexibility index (Phi) is 5.17. The van der Waals surface area contributed by atoms with Crippen molar-refractivity contribution in [2.75, 3.05) is 6.54 Å². The summed E-state index contributed by atoms with van der Waals surface area (Å²) in [5.41, 5.74) is -0.0379. The fourth-order valence-electron chi connectivity index (χ4n) is 1.34. The molecule has 1 N–H and O–H groups in total. The molecule has 0 aliphatic carbocycles. The molecule has 4 nitrogen and oxygen atoms in total. The molecule has 0 atom stereocenters. The van der Waals surface area contributed by atoms with Gasteiger partial charge in [-0.3, -0.25) is 4.79 Å². The van der Waals surface area contributed by atoms with E-state index in [2.05, 4.69) is 0 Å². The summed E-state index contributed by atoms with van der Waals surface area (Å²) in [6.45, 7) is -0.128. The molecule has 0 aliphatic heterocycles. The molecule has 0 aromatic heterocycles. The Balaban J connectivity index is 3.11. The number of sulfonamides is 1. The van der Waals surface area contributed by atoms with Crippen LogP contribution in [0.25, 0.3) is 0 Å². The number of Topliss-reactive ketones (excluding diaryl/α,β-unsaturated/α-hetero) is 1. The van der Waals surface area contributed by atoms with E-state index in [0.717, 1.165) is 18.2 Å². The van der Waals surface area contributed by atoms with E-state index in [9.17, 15) is 26.4 Å². The fraction of sp³-hybridized carbons (Fsp3) is 0.364. The van der Waals surface area contributed by atoms with Crippen LogP contribution in [0, 0.1) is 0 Å². The van der Waals surface area contributed by atoms with E-state index in [4.69, 9.17) is 11.6 Å². The standard InChI is InChI=1S/C11H11ClF3NO3S/c1-2-10(17)8-5-7(3-4-9(8)12)20(18,19)16-6-11(13,14)15/h3-5,16H,2,6H2,1H3. The van der Waals surface area contributed by atoms with Crippen LogP contribution in [0.2, 0.25) is 5.02 Å². The van der Waals surface area contributed by atoms with Crippen molar-refractivity contribution in [3.63, 3.8) is 0 Å². The van der Waals surface area contributed by atoms with Crippen LogP contribution in [0.15, 0.2) is 23.1 Å². The highest BCUT2D eigenvalue weighted by Gasteiger charge is 2.30. The van der Waals surface area contributed by atoms with E-state index in [1.165, 1.54) is 4.72 Å². The molecule has 1 rings (SSSR count). The second-order valence-corrected chi connectivity index (χ2v) is 6.03. The smallest absolute Gasteiger partial charge is 0.294 e. The zero-order valence-corrected chi connectivity index (χ0v) is 11.9. The molecule has 0 amide bonds. The van der Waals surface area contributed by atoms with Crippen molar-refractivity contribution in [1.29, 1.82) is 0 Å². The summed E-state index contributed by atoms with van der Waals surface area (Å²) in [5, 5.41) is 0.0478. The van der Waals surface area contributed by atoms with Gasteiger partial charge >= 0.3 is 6.18 Å².